The standard InChI is InChI=1S/C17H23N3O2.ClH/c1-12(18)7-9-19-17(22)11-16-15-6-4-3-5-14(15)8-10-20(16)13(2)21;/h3-6,8,10,12,16H,7,9,11,18H2,1-2H3,(H,19,22);1H. The van der Waals surface area contributed by atoms with Crippen LogP contribution in [0, 0.1) is 0 Å². The SMILES string of the molecule is CC(=O)N1C=Cc2ccccc2C1CC(=O)NCCC(C)N.Cl. The first-order chi connectivity index (χ1) is 10.5. The zero-order valence-corrected chi connectivity index (χ0v) is 14.3. The smallest absolute Gasteiger partial charge is 0.223 e. The second-order valence-corrected chi connectivity index (χ2v) is 5.71. The highest BCUT2D eigenvalue weighted by molar-refractivity contribution is 5.85. The molecule has 5 nitrogen and oxygen atoms in total. The first kappa shape index (κ1) is 19.2. The Morgan fingerprint density at radius 2 is 2.04 bits per heavy atom. The van der Waals surface area contributed by atoms with Crippen molar-refractivity contribution in [2.24, 2.45) is 5.73 Å². The molecule has 0 radical (unpaired) electrons. The summed E-state index contributed by atoms with van der Waals surface area (Å²) in [6.45, 7) is 3.98. The molecule has 6 heteroatoms. The topological polar surface area (TPSA) is 75.4 Å². The molecule has 2 atom stereocenters. The molecule has 0 saturated heterocycles. The fraction of sp³-hybridized carbons (Fsp3) is 0.412. The van der Waals surface area contributed by atoms with E-state index in [4.69, 9.17) is 5.73 Å². The van der Waals surface area contributed by atoms with E-state index in [1.165, 1.54) is 6.92 Å². The molecule has 0 aromatic heterocycles. The highest BCUT2D eigenvalue weighted by atomic mass is 35.5. The summed E-state index contributed by atoms with van der Waals surface area (Å²) in [6.07, 6.45) is 4.65. The maximum Gasteiger partial charge on any atom is 0.223 e. The van der Waals surface area contributed by atoms with Gasteiger partial charge in [0, 0.05) is 25.7 Å². The van der Waals surface area contributed by atoms with E-state index in [2.05, 4.69) is 5.32 Å². The summed E-state index contributed by atoms with van der Waals surface area (Å²) >= 11 is 0. The van der Waals surface area contributed by atoms with Crippen molar-refractivity contribution in [1.29, 1.82) is 0 Å². The first-order valence-electron chi connectivity index (χ1n) is 7.57. The molecule has 23 heavy (non-hydrogen) atoms. The van der Waals surface area contributed by atoms with Crippen LogP contribution in [0.4, 0.5) is 0 Å². The molecule has 3 N–H and O–H groups in total. The Kier molecular flexibility index (Phi) is 7.26. The molecule has 0 saturated carbocycles. The number of amides is 2. The van der Waals surface area contributed by atoms with E-state index in [9.17, 15) is 9.59 Å². The van der Waals surface area contributed by atoms with Gasteiger partial charge in [0.1, 0.15) is 0 Å². The van der Waals surface area contributed by atoms with Crippen LogP contribution >= 0.6 is 12.4 Å². The van der Waals surface area contributed by atoms with Crippen molar-refractivity contribution in [3.05, 3.63) is 41.6 Å². The maximum absolute atomic E-state index is 12.2. The van der Waals surface area contributed by atoms with Crippen molar-refractivity contribution in [1.82, 2.24) is 10.2 Å². The normalized spacial score (nSPS) is 17.0. The molecular formula is C17H24ClN3O2. The predicted octanol–water partition coefficient (Wildman–Crippen LogP) is 2.23. The van der Waals surface area contributed by atoms with Crippen molar-refractivity contribution >= 4 is 30.3 Å². The van der Waals surface area contributed by atoms with Crippen LogP contribution in [0.25, 0.3) is 6.08 Å². The number of carbonyl (C=O) groups excluding carboxylic acids is 2. The minimum absolute atomic E-state index is 0. The van der Waals surface area contributed by atoms with E-state index in [1.807, 2.05) is 37.3 Å². The van der Waals surface area contributed by atoms with Crippen LogP contribution in [0.3, 0.4) is 0 Å². The summed E-state index contributed by atoms with van der Waals surface area (Å²) in [5.41, 5.74) is 7.73. The van der Waals surface area contributed by atoms with Crippen molar-refractivity contribution in [3.63, 3.8) is 0 Å². The van der Waals surface area contributed by atoms with Gasteiger partial charge >= 0.3 is 0 Å². The van der Waals surface area contributed by atoms with Gasteiger partial charge in [-0.05, 0) is 30.5 Å². The van der Waals surface area contributed by atoms with Gasteiger partial charge in [-0.15, -0.1) is 12.4 Å². The van der Waals surface area contributed by atoms with Crippen LogP contribution in [0.2, 0.25) is 0 Å². The quantitative estimate of drug-likeness (QED) is 0.865. The molecule has 1 aliphatic rings. The first-order valence-corrected chi connectivity index (χ1v) is 7.57. The number of nitrogens with one attached hydrogen (secondary N) is 1. The lowest BCUT2D eigenvalue weighted by Crippen LogP contribution is -2.36. The van der Waals surface area contributed by atoms with E-state index in [1.54, 1.807) is 11.1 Å². The molecule has 1 aromatic rings. The number of carbonyl (C=O) groups is 2. The number of halogens is 1. The second-order valence-electron chi connectivity index (χ2n) is 5.71. The van der Waals surface area contributed by atoms with Gasteiger partial charge in [0.05, 0.1) is 12.5 Å². The van der Waals surface area contributed by atoms with Crippen LogP contribution < -0.4 is 11.1 Å². The number of nitrogens with zero attached hydrogens (tertiary/aromatic N) is 1. The van der Waals surface area contributed by atoms with Gasteiger partial charge in [-0.1, -0.05) is 24.3 Å². The number of fused-ring (bicyclic) bond motifs is 1. The van der Waals surface area contributed by atoms with E-state index in [0.29, 0.717) is 6.54 Å². The molecule has 0 aliphatic carbocycles. The third kappa shape index (κ3) is 5.08. The van der Waals surface area contributed by atoms with Crippen LogP contribution in [0.15, 0.2) is 30.5 Å². The number of rotatable bonds is 5. The summed E-state index contributed by atoms with van der Waals surface area (Å²) in [4.78, 5) is 25.6. The van der Waals surface area contributed by atoms with Gasteiger partial charge < -0.3 is 16.0 Å². The predicted molar refractivity (Wildman–Crippen MR) is 93.9 cm³/mol. The average molecular weight is 338 g/mol. The Morgan fingerprint density at radius 1 is 1.35 bits per heavy atom. The van der Waals surface area contributed by atoms with Crippen LogP contribution in [-0.2, 0) is 9.59 Å². The molecule has 1 aromatic carbocycles. The van der Waals surface area contributed by atoms with Crippen molar-refractivity contribution in [3.8, 4) is 0 Å². The van der Waals surface area contributed by atoms with Crippen molar-refractivity contribution in [2.75, 3.05) is 6.54 Å². The Balaban J connectivity index is 0.00000264. The monoisotopic (exact) mass is 337 g/mol. The zero-order chi connectivity index (χ0) is 16.1. The van der Waals surface area contributed by atoms with Gasteiger partial charge in [-0.3, -0.25) is 9.59 Å². The van der Waals surface area contributed by atoms with E-state index < -0.39 is 0 Å². The summed E-state index contributed by atoms with van der Waals surface area (Å²) < 4.78 is 0. The minimum Gasteiger partial charge on any atom is -0.356 e. The van der Waals surface area contributed by atoms with Crippen molar-refractivity contribution in [2.45, 2.75) is 38.8 Å². The van der Waals surface area contributed by atoms with Gasteiger partial charge in [0.25, 0.3) is 0 Å². The third-order valence-electron chi connectivity index (χ3n) is 3.77. The van der Waals surface area contributed by atoms with E-state index in [0.717, 1.165) is 17.5 Å². The summed E-state index contributed by atoms with van der Waals surface area (Å²) in [5.74, 6) is -0.138. The Hall–Kier alpha value is -1.85. The molecule has 0 bridgehead atoms. The largest absolute Gasteiger partial charge is 0.356 e. The van der Waals surface area contributed by atoms with Crippen molar-refractivity contribution < 1.29 is 9.59 Å². The van der Waals surface area contributed by atoms with E-state index >= 15 is 0 Å². The average Bonchev–Trinajstić information content (AvgIpc) is 2.46. The van der Waals surface area contributed by atoms with Gasteiger partial charge in [-0.25, -0.2) is 0 Å². The molecular weight excluding hydrogens is 314 g/mol. The maximum atomic E-state index is 12.2. The van der Waals surface area contributed by atoms with Gasteiger partial charge in [0.2, 0.25) is 11.8 Å². The minimum atomic E-state index is -0.256. The number of benzene rings is 1. The lowest BCUT2D eigenvalue weighted by atomic mass is 9.93. The Morgan fingerprint density at radius 3 is 2.70 bits per heavy atom. The third-order valence-corrected chi connectivity index (χ3v) is 3.77. The van der Waals surface area contributed by atoms with E-state index in [-0.39, 0.29) is 42.7 Å². The molecule has 2 unspecified atom stereocenters. The fourth-order valence-electron chi connectivity index (χ4n) is 2.60. The lowest BCUT2D eigenvalue weighted by molar-refractivity contribution is -0.129. The lowest BCUT2D eigenvalue weighted by Gasteiger charge is -2.32. The molecule has 2 amide bonds. The Bertz CT molecular complexity index is 587. The number of nitrogens with two attached hydrogens (primary N) is 1. The Labute approximate surface area is 143 Å². The molecule has 0 fully saturated rings. The zero-order valence-electron chi connectivity index (χ0n) is 13.5. The van der Waals surface area contributed by atoms with Crippen LogP contribution in [0.5, 0.6) is 0 Å². The van der Waals surface area contributed by atoms with Gasteiger partial charge in [-0.2, -0.15) is 0 Å². The highest BCUT2D eigenvalue weighted by Gasteiger charge is 2.27. The fourth-order valence-corrected chi connectivity index (χ4v) is 2.60. The number of hydrogen-bond acceptors (Lipinski definition) is 3. The van der Waals surface area contributed by atoms with Crippen LogP contribution in [-0.4, -0.2) is 29.3 Å². The molecule has 1 aliphatic heterocycles. The number of hydrogen-bond donors (Lipinski definition) is 2. The highest BCUT2D eigenvalue weighted by Crippen LogP contribution is 2.32. The second kappa shape index (κ2) is 8.70. The summed E-state index contributed by atoms with van der Waals surface area (Å²) in [7, 11) is 0. The molecule has 1 heterocycles. The summed E-state index contributed by atoms with van der Waals surface area (Å²) in [5, 5.41) is 2.87. The summed E-state index contributed by atoms with van der Waals surface area (Å²) in [6, 6.07) is 7.64. The molecule has 126 valence electrons. The molecule has 2 rings (SSSR count). The van der Waals surface area contributed by atoms with Crippen LogP contribution in [0.1, 0.15) is 43.9 Å². The van der Waals surface area contributed by atoms with Gasteiger partial charge in [0.15, 0.2) is 0 Å². The molecule has 0 spiro atoms.